The number of H-pyrrole nitrogens is 1. The van der Waals surface area contributed by atoms with E-state index >= 15 is 0 Å². The summed E-state index contributed by atoms with van der Waals surface area (Å²) in [5.41, 5.74) is 1.42. The van der Waals surface area contributed by atoms with Crippen LogP contribution in [0, 0.1) is 0 Å². The number of amides is 2. The summed E-state index contributed by atoms with van der Waals surface area (Å²) in [5.74, 6) is 0.190. The molecule has 9 nitrogen and oxygen atoms in total. The van der Waals surface area contributed by atoms with E-state index in [9.17, 15) is 22.8 Å². The van der Waals surface area contributed by atoms with Crippen molar-refractivity contribution in [3.05, 3.63) is 83.8 Å². The minimum Gasteiger partial charge on any atom is -0.445 e. The first-order valence-corrected chi connectivity index (χ1v) is 13.0. The molecular weight excluding hydrogens is 537 g/mol. The number of likely N-dealkylation sites (tertiary alicyclic amines) is 1. The first-order chi connectivity index (χ1) is 19.7. The molecular formula is C29H27F3N6O3. The van der Waals surface area contributed by atoms with E-state index < -0.39 is 17.8 Å². The molecule has 1 aliphatic heterocycles. The Morgan fingerprint density at radius 3 is 2.51 bits per heavy atom. The number of hydrogen-bond donors (Lipinski definition) is 2. The molecule has 4 aromatic rings. The molecule has 12 heteroatoms. The minimum absolute atomic E-state index is 0.0588. The van der Waals surface area contributed by atoms with Crippen LogP contribution in [0.2, 0.25) is 0 Å². The van der Waals surface area contributed by atoms with Gasteiger partial charge < -0.3 is 14.6 Å². The van der Waals surface area contributed by atoms with Gasteiger partial charge in [0.1, 0.15) is 12.4 Å². The van der Waals surface area contributed by atoms with Crippen molar-refractivity contribution < 1.29 is 27.5 Å². The van der Waals surface area contributed by atoms with Crippen molar-refractivity contribution in [2.45, 2.75) is 38.5 Å². The standard InChI is InChI=1S/C29H27F3N6O3/c1-18(39)34-27-33-13-10-23(35-27)25-24(21-8-5-9-22(16-21)29(30,31)32)36-26(37-25)20-11-14-38(15-12-20)28(40)41-17-19-6-3-2-4-7-19/h2-10,13,16,20H,11-12,14-15,17H2,1H3,(H,36,37)(H,33,34,35,39). The quantitative estimate of drug-likeness (QED) is 0.296. The van der Waals surface area contributed by atoms with E-state index in [1.54, 1.807) is 17.0 Å². The second-order valence-electron chi connectivity index (χ2n) is 9.67. The summed E-state index contributed by atoms with van der Waals surface area (Å²) in [5, 5.41) is 2.52. The monoisotopic (exact) mass is 564 g/mol. The second kappa shape index (κ2) is 11.8. The molecule has 41 heavy (non-hydrogen) atoms. The lowest BCUT2D eigenvalue weighted by molar-refractivity contribution is -0.137. The normalized spacial score (nSPS) is 14.1. The van der Waals surface area contributed by atoms with Gasteiger partial charge in [-0.05, 0) is 36.6 Å². The van der Waals surface area contributed by atoms with E-state index in [0.29, 0.717) is 48.8 Å². The van der Waals surface area contributed by atoms with Gasteiger partial charge >= 0.3 is 12.3 Å². The number of hydrogen-bond acceptors (Lipinski definition) is 6. The van der Waals surface area contributed by atoms with Crippen LogP contribution < -0.4 is 5.32 Å². The molecule has 2 amide bonds. The van der Waals surface area contributed by atoms with Crippen LogP contribution in [0.5, 0.6) is 0 Å². The van der Waals surface area contributed by atoms with Crippen LogP contribution in [0.15, 0.2) is 66.9 Å². The Bertz CT molecular complexity index is 1530. The van der Waals surface area contributed by atoms with Crippen molar-refractivity contribution >= 4 is 17.9 Å². The zero-order valence-corrected chi connectivity index (χ0v) is 22.1. The van der Waals surface area contributed by atoms with Crippen LogP contribution in [0.25, 0.3) is 22.6 Å². The maximum Gasteiger partial charge on any atom is 0.416 e. The predicted molar refractivity (Wildman–Crippen MR) is 145 cm³/mol. The van der Waals surface area contributed by atoms with Crippen LogP contribution in [-0.2, 0) is 22.3 Å². The van der Waals surface area contributed by atoms with E-state index in [0.717, 1.165) is 17.7 Å². The van der Waals surface area contributed by atoms with Gasteiger partial charge in [-0.1, -0.05) is 42.5 Å². The highest BCUT2D eigenvalue weighted by Crippen LogP contribution is 2.37. The number of halogens is 3. The topological polar surface area (TPSA) is 113 Å². The van der Waals surface area contributed by atoms with Gasteiger partial charge in [-0.15, -0.1) is 0 Å². The Morgan fingerprint density at radius 2 is 1.80 bits per heavy atom. The van der Waals surface area contributed by atoms with Gasteiger partial charge in [0.05, 0.1) is 22.6 Å². The SMILES string of the molecule is CC(=O)Nc1nccc(-c2[nH]c(C3CCN(C(=O)OCc4ccccc4)CC3)nc2-c2cccc(C(F)(F)F)c2)n1. The van der Waals surface area contributed by atoms with Crippen LogP contribution >= 0.6 is 0 Å². The molecule has 1 saturated heterocycles. The number of aromatic nitrogens is 4. The third-order valence-electron chi connectivity index (χ3n) is 6.73. The molecule has 0 bridgehead atoms. The number of alkyl halides is 3. The summed E-state index contributed by atoms with van der Waals surface area (Å²) in [4.78, 5) is 42.2. The van der Waals surface area contributed by atoms with Gasteiger partial charge in [-0.3, -0.25) is 10.1 Å². The van der Waals surface area contributed by atoms with Crippen molar-refractivity contribution in [3.63, 3.8) is 0 Å². The zero-order valence-electron chi connectivity index (χ0n) is 22.1. The fourth-order valence-corrected chi connectivity index (χ4v) is 4.68. The lowest BCUT2D eigenvalue weighted by Gasteiger charge is -2.30. The highest BCUT2D eigenvalue weighted by molar-refractivity contribution is 5.87. The third kappa shape index (κ3) is 6.71. The van der Waals surface area contributed by atoms with Gasteiger partial charge in [-0.2, -0.15) is 13.2 Å². The van der Waals surface area contributed by atoms with Crippen molar-refractivity contribution in [2.24, 2.45) is 0 Å². The minimum atomic E-state index is -4.52. The summed E-state index contributed by atoms with van der Waals surface area (Å²) < 4.78 is 46.0. The molecule has 0 atom stereocenters. The maximum atomic E-state index is 13.5. The van der Waals surface area contributed by atoms with Crippen LogP contribution in [-0.4, -0.2) is 49.9 Å². The summed E-state index contributed by atoms with van der Waals surface area (Å²) in [7, 11) is 0. The average Bonchev–Trinajstić information content (AvgIpc) is 3.42. The molecule has 0 radical (unpaired) electrons. The fourth-order valence-electron chi connectivity index (χ4n) is 4.68. The predicted octanol–water partition coefficient (Wildman–Crippen LogP) is 6.03. The molecule has 5 rings (SSSR count). The van der Waals surface area contributed by atoms with Crippen molar-refractivity contribution in [1.82, 2.24) is 24.8 Å². The summed E-state index contributed by atoms with van der Waals surface area (Å²) in [6, 6.07) is 15.9. The Morgan fingerprint density at radius 1 is 1.05 bits per heavy atom. The smallest absolute Gasteiger partial charge is 0.416 e. The van der Waals surface area contributed by atoms with Crippen molar-refractivity contribution in [1.29, 1.82) is 0 Å². The number of piperidine rings is 1. The summed E-state index contributed by atoms with van der Waals surface area (Å²) >= 11 is 0. The van der Waals surface area contributed by atoms with Gasteiger partial charge in [0, 0.05) is 37.7 Å². The number of carbonyl (C=O) groups excluding carboxylic acids is 2. The molecule has 0 saturated carbocycles. The molecule has 2 N–H and O–H groups in total. The van der Waals surface area contributed by atoms with Crippen LogP contribution in [0.4, 0.5) is 23.9 Å². The largest absolute Gasteiger partial charge is 0.445 e. The first-order valence-electron chi connectivity index (χ1n) is 13.0. The second-order valence-corrected chi connectivity index (χ2v) is 9.67. The maximum absolute atomic E-state index is 13.5. The molecule has 2 aromatic carbocycles. The highest BCUT2D eigenvalue weighted by atomic mass is 19.4. The molecule has 212 valence electrons. The Hall–Kier alpha value is -4.74. The number of anilines is 1. The Kier molecular flexibility index (Phi) is 7.99. The lowest BCUT2D eigenvalue weighted by Crippen LogP contribution is -2.38. The molecule has 2 aromatic heterocycles. The van der Waals surface area contributed by atoms with Crippen molar-refractivity contribution in [2.75, 3.05) is 18.4 Å². The third-order valence-corrected chi connectivity index (χ3v) is 6.73. The van der Waals surface area contributed by atoms with Crippen LogP contribution in [0.1, 0.15) is 42.6 Å². The molecule has 0 unspecified atom stereocenters. The van der Waals surface area contributed by atoms with E-state index in [1.165, 1.54) is 19.2 Å². The highest BCUT2D eigenvalue weighted by Gasteiger charge is 2.32. The average molecular weight is 565 g/mol. The number of rotatable bonds is 6. The number of aromatic amines is 1. The van der Waals surface area contributed by atoms with E-state index in [4.69, 9.17) is 9.72 Å². The van der Waals surface area contributed by atoms with Gasteiger partial charge in [-0.25, -0.2) is 19.7 Å². The first kappa shape index (κ1) is 27.8. The zero-order chi connectivity index (χ0) is 29.0. The molecule has 3 heterocycles. The summed E-state index contributed by atoms with van der Waals surface area (Å²) in [6.07, 6.45) is -2.32. The number of imidazole rings is 1. The lowest BCUT2D eigenvalue weighted by atomic mass is 9.96. The van der Waals surface area contributed by atoms with Gasteiger partial charge in [0.15, 0.2) is 0 Å². The molecule has 0 spiro atoms. The van der Waals surface area contributed by atoms with E-state index in [2.05, 4.69) is 20.3 Å². The molecule has 1 fully saturated rings. The number of benzene rings is 2. The van der Waals surface area contributed by atoms with Gasteiger partial charge in [0.25, 0.3) is 0 Å². The van der Waals surface area contributed by atoms with Crippen LogP contribution in [0.3, 0.4) is 0 Å². The Labute approximate surface area is 233 Å². The van der Waals surface area contributed by atoms with Gasteiger partial charge in [0.2, 0.25) is 11.9 Å². The van der Waals surface area contributed by atoms with Crippen molar-refractivity contribution in [3.8, 4) is 22.6 Å². The molecule has 1 aliphatic rings. The molecule has 0 aliphatic carbocycles. The summed E-state index contributed by atoms with van der Waals surface area (Å²) in [6.45, 7) is 2.38. The number of carbonyl (C=O) groups is 2. The number of nitrogens with zero attached hydrogens (tertiary/aromatic N) is 4. The van der Waals surface area contributed by atoms with E-state index in [-0.39, 0.29) is 29.9 Å². The number of ether oxygens (including phenoxy) is 1. The number of nitrogens with one attached hydrogen (secondary N) is 2. The Balaban J connectivity index is 1.39. The fraction of sp³-hybridized carbons (Fsp3) is 0.276. The van der Waals surface area contributed by atoms with E-state index in [1.807, 2.05) is 30.3 Å².